The van der Waals surface area contributed by atoms with Crippen molar-refractivity contribution in [1.82, 2.24) is 5.32 Å². The number of carboxylic acids is 1. The monoisotopic (exact) mass is 309 g/mol. The first-order valence-electron chi connectivity index (χ1n) is 7.39. The molecule has 6 heteroatoms. The summed E-state index contributed by atoms with van der Waals surface area (Å²) in [6, 6.07) is 2.63. The Kier molecular flexibility index (Phi) is 5.35. The number of ether oxygens (including phenoxy) is 1. The van der Waals surface area contributed by atoms with Crippen molar-refractivity contribution in [2.45, 2.75) is 38.1 Å². The van der Waals surface area contributed by atoms with E-state index in [4.69, 9.17) is 4.74 Å². The molecule has 0 bridgehead atoms. The number of carboxylic acid groups (broad SMARTS) is 1. The minimum atomic E-state index is -1.25. The molecule has 22 heavy (non-hydrogen) atoms. The van der Waals surface area contributed by atoms with Crippen LogP contribution in [-0.4, -0.2) is 24.1 Å². The summed E-state index contributed by atoms with van der Waals surface area (Å²) < 4.78 is 18.5. The molecule has 120 valence electrons. The molecule has 0 aromatic heterocycles. The molecule has 2 N–H and O–H groups in total. The summed E-state index contributed by atoms with van der Waals surface area (Å²) in [5.41, 5.74) is 0.190. The van der Waals surface area contributed by atoms with E-state index in [1.54, 1.807) is 0 Å². The summed E-state index contributed by atoms with van der Waals surface area (Å²) in [6.45, 7) is 0. The number of methoxy groups -OCH3 is 1. The zero-order chi connectivity index (χ0) is 16.1. The number of halogens is 1. The lowest BCUT2D eigenvalue weighted by atomic mass is 9.88. The molecule has 2 rings (SSSR count). The topological polar surface area (TPSA) is 75.6 Å². The second-order valence-corrected chi connectivity index (χ2v) is 5.51. The summed E-state index contributed by atoms with van der Waals surface area (Å²) in [6.07, 6.45) is 4.61. The van der Waals surface area contributed by atoms with E-state index in [0.717, 1.165) is 38.2 Å². The highest BCUT2D eigenvalue weighted by atomic mass is 19.1. The first-order valence-corrected chi connectivity index (χ1v) is 7.39. The maximum absolute atomic E-state index is 13.7. The van der Waals surface area contributed by atoms with Crippen LogP contribution in [0.2, 0.25) is 0 Å². The Morgan fingerprint density at radius 1 is 1.32 bits per heavy atom. The van der Waals surface area contributed by atoms with Gasteiger partial charge in [0, 0.05) is 5.92 Å². The third-order valence-electron chi connectivity index (χ3n) is 4.02. The van der Waals surface area contributed by atoms with Gasteiger partial charge in [-0.25, -0.2) is 9.18 Å². The van der Waals surface area contributed by atoms with E-state index in [0.29, 0.717) is 0 Å². The fraction of sp³-hybridized carbons (Fsp3) is 0.500. The summed E-state index contributed by atoms with van der Waals surface area (Å²) in [5, 5.41) is 11.8. The quantitative estimate of drug-likeness (QED) is 0.877. The molecule has 1 aromatic carbocycles. The maximum Gasteiger partial charge on any atom is 0.330 e. The van der Waals surface area contributed by atoms with E-state index in [1.165, 1.54) is 19.2 Å². The Morgan fingerprint density at radius 3 is 2.55 bits per heavy atom. The van der Waals surface area contributed by atoms with E-state index >= 15 is 0 Å². The average molecular weight is 309 g/mol. The Bertz CT molecular complexity index is 555. The van der Waals surface area contributed by atoms with Gasteiger partial charge in [-0.05, 0) is 30.5 Å². The van der Waals surface area contributed by atoms with Gasteiger partial charge in [0.2, 0.25) is 5.91 Å². The summed E-state index contributed by atoms with van der Waals surface area (Å²) in [5.74, 6) is -2.26. The molecule has 1 aliphatic rings. The number of rotatable bonds is 5. The van der Waals surface area contributed by atoms with E-state index in [-0.39, 0.29) is 23.1 Å². The Balaban J connectivity index is 2.14. The molecule has 1 amide bonds. The summed E-state index contributed by atoms with van der Waals surface area (Å²) in [7, 11) is 1.33. The van der Waals surface area contributed by atoms with Gasteiger partial charge in [-0.3, -0.25) is 4.79 Å². The average Bonchev–Trinajstić information content (AvgIpc) is 2.52. The lowest BCUT2D eigenvalue weighted by Crippen LogP contribution is -2.38. The van der Waals surface area contributed by atoms with Crippen LogP contribution in [0.4, 0.5) is 4.39 Å². The number of aliphatic carboxylic acids is 1. The van der Waals surface area contributed by atoms with Gasteiger partial charge in [-0.2, -0.15) is 0 Å². The predicted octanol–water partition coefficient (Wildman–Crippen LogP) is 2.66. The molecular formula is C16H20FNO4. The van der Waals surface area contributed by atoms with Gasteiger partial charge in [0.1, 0.15) is 0 Å². The van der Waals surface area contributed by atoms with Gasteiger partial charge >= 0.3 is 5.97 Å². The van der Waals surface area contributed by atoms with Gasteiger partial charge in [-0.15, -0.1) is 0 Å². The van der Waals surface area contributed by atoms with Crippen molar-refractivity contribution in [3.05, 3.63) is 29.6 Å². The van der Waals surface area contributed by atoms with Crippen molar-refractivity contribution < 1.29 is 23.8 Å². The van der Waals surface area contributed by atoms with E-state index in [1.807, 2.05) is 0 Å². The standard InChI is InChI=1S/C16H20FNO4/c1-22-13-8-7-11(9-12(13)17)14(16(20)21)18-15(19)10-5-3-2-4-6-10/h7-10,14H,2-6H2,1H3,(H,18,19)(H,20,21). The van der Waals surface area contributed by atoms with Crippen LogP contribution >= 0.6 is 0 Å². The number of hydrogen-bond donors (Lipinski definition) is 2. The fourth-order valence-electron chi connectivity index (χ4n) is 2.77. The number of amides is 1. The molecule has 0 aliphatic heterocycles. The third kappa shape index (κ3) is 3.75. The molecule has 0 heterocycles. The molecule has 0 spiro atoms. The molecule has 5 nitrogen and oxygen atoms in total. The molecule has 0 radical (unpaired) electrons. The molecule has 1 saturated carbocycles. The molecule has 1 unspecified atom stereocenters. The van der Waals surface area contributed by atoms with Gasteiger partial charge in [0.05, 0.1) is 7.11 Å². The largest absolute Gasteiger partial charge is 0.494 e. The molecule has 1 fully saturated rings. The first kappa shape index (κ1) is 16.3. The molecule has 0 saturated heterocycles. The molecule has 1 aliphatic carbocycles. The van der Waals surface area contributed by atoms with Crippen molar-refractivity contribution in [3.63, 3.8) is 0 Å². The minimum Gasteiger partial charge on any atom is -0.494 e. The zero-order valence-electron chi connectivity index (χ0n) is 12.5. The SMILES string of the molecule is COc1ccc(C(NC(=O)C2CCCCC2)C(=O)O)cc1F. The van der Waals surface area contributed by atoms with Crippen molar-refractivity contribution >= 4 is 11.9 Å². The van der Waals surface area contributed by atoms with Crippen molar-refractivity contribution in [3.8, 4) is 5.75 Å². The van der Waals surface area contributed by atoms with Gasteiger partial charge < -0.3 is 15.2 Å². The van der Waals surface area contributed by atoms with Crippen LogP contribution in [0.15, 0.2) is 18.2 Å². The Morgan fingerprint density at radius 2 is 2.00 bits per heavy atom. The first-order chi connectivity index (χ1) is 10.5. The normalized spacial score (nSPS) is 16.8. The smallest absolute Gasteiger partial charge is 0.330 e. The van der Waals surface area contributed by atoms with Crippen molar-refractivity contribution in [2.75, 3.05) is 7.11 Å². The zero-order valence-corrected chi connectivity index (χ0v) is 12.5. The molecular weight excluding hydrogens is 289 g/mol. The van der Waals surface area contributed by atoms with Crippen LogP contribution in [0, 0.1) is 11.7 Å². The van der Waals surface area contributed by atoms with Crippen LogP contribution in [0.3, 0.4) is 0 Å². The molecule has 1 aromatic rings. The lowest BCUT2D eigenvalue weighted by molar-refractivity contribution is -0.142. The van der Waals surface area contributed by atoms with Crippen molar-refractivity contribution in [1.29, 1.82) is 0 Å². The van der Waals surface area contributed by atoms with E-state index < -0.39 is 17.8 Å². The highest BCUT2D eigenvalue weighted by Crippen LogP contribution is 2.26. The summed E-state index contributed by atoms with van der Waals surface area (Å²) >= 11 is 0. The van der Waals surface area contributed by atoms with Crippen LogP contribution in [0.5, 0.6) is 5.75 Å². The Labute approximate surface area is 128 Å². The van der Waals surface area contributed by atoms with Gasteiger partial charge in [-0.1, -0.05) is 25.3 Å². The second-order valence-electron chi connectivity index (χ2n) is 5.51. The fourth-order valence-corrected chi connectivity index (χ4v) is 2.77. The highest BCUT2D eigenvalue weighted by Gasteiger charge is 2.28. The maximum atomic E-state index is 13.7. The third-order valence-corrected chi connectivity index (χ3v) is 4.02. The van der Waals surface area contributed by atoms with Crippen LogP contribution in [-0.2, 0) is 9.59 Å². The highest BCUT2D eigenvalue weighted by molar-refractivity contribution is 5.85. The Hall–Kier alpha value is -2.11. The van der Waals surface area contributed by atoms with Crippen molar-refractivity contribution in [2.24, 2.45) is 5.92 Å². The minimum absolute atomic E-state index is 0.0338. The predicted molar refractivity (Wildman–Crippen MR) is 78.0 cm³/mol. The number of carbonyl (C=O) groups is 2. The van der Waals surface area contributed by atoms with Gasteiger partial charge in [0.25, 0.3) is 0 Å². The number of hydrogen-bond acceptors (Lipinski definition) is 3. The molecule has 1 atom stereocenters. The second kappa shape index (κ2) is 7.24. The van der Waals surface area contributed by atoms with E-state index in [9.17, 15) is 19.1 Å². The lowest BCUT2D eigenvalue weighted by Gasteiger charge is -2.23. The van der Waals surface area contributed by atoms with Gasteiger partial charge in [0.15, 0.2) is 17.6 Å². The number of carbonyl (C=O) groups excluding carboxylic acids is 1. The van der Waals surface area contributed by atoms with Crippen LogP contribution in [0.1, 0.15) is 43.7 Å². The summed E-state index contributed by atoms with van der Waals surface area (Å²) in [4.78, 5) is 23.6. The van der Waals surface area contributed by atoms with E-state index in [2.05, 4.69) is 5.32 Å². The van der Waals surface area contributed by atoms with Crippen LogP contribution < -0.4 is 10.1 Å². The van der Waals surface area contributed by atoms with Crippen LogP contribution in [0.25, 0.3) is 0 Å². The number of benzene rings is 1. The number of nitrogens with one attached hydrogen (secondary N) is 1.